The van der Waals surface area contributed by atoms with Gasteiger partial charge in [-0.05, 0) is 76.0 Å². The summed E-state index contributed by atoms with van der Waals surface area (Å²) < 4.78 is 25.8. The van der Waals surface area contributed by atoms with Gasteiger partial charge in [0.1, 0.15) is 12.1 Å². The first-order valence-electron chi connectivity index (χ1n) is 18.7. The quantitative estimate of drug-likeness (QED) is 0.121. The summed E-state index contributed by atoms with van der Waals surface area (Å²) in [5, 5.41) is 11.3. The van der Waals surface area contributed by atoms with E-state index in [0.29, 0.717) is 19.4 Å². The Balaban J connectivity index is 1.59. The van der Waals surface area contributed by atoms with E-state index in [1.807, 2.05) is 13.8 Å². The maximum Gasteiger partial charge on any atom is 0.315 e. The number of nitrogens with one attached hydrogen (secondary N) is 4. The van der Waals surface area contributed by atoms with E-state index in [1.54, 1.807) is 25.7 Å². The monoisotopic (exact) mass is 729 g/mol. The van der Waals surface area contributed by atoms with Crippen LogP contribution in [0.4, 0.5) is 4.79 Å². The highest BCUT2D eigenvalue weighted by molar-refractivity contribution is 7.92. The number of carbonyl (C=O) groups is 5. The Morgan fingerprint density at radius 3 is 2.22 bits per heavy atom. The summed E-state index contributed by atoms with van der Waals surface area (Å²) in [7, 11) is -3.57. The van der Waals surface area contributed by atoms with Gasteiger partial charge in [-0.15, -0.1) is 18.9 Å². The van der Waals surface area contributed by atoms with Crippen LogP contribution in [-0.2, 0) is 29.0 Å². The smallest absolute Gasteiger partial charge is 0.315 e. The van der Waals surface area contributed by atoms with Gasteiger partial charge in [-0.2, -0.15) is 0 Å². The highest BCUT2D eigenvalue weighted by Crippen LogP contribution is 2.65. The number of likely N-dealkylation sites (tertiary alicyclic amines) is 1. The molecule has 0 aromatic heterocycles. The summed E-state index contributed by atoms with van der Waals surface area (Å²) in [5.41, 5.74) is -1.18. The molecule has 13 heteroatoms. The number of hydrogen-bond acceptors (Lipinski definition) is 7. The van der Waals surface area contributed by atoms with E-state index in [4.69, 9.17) is 6.42 Å². The van der Waals surface area contributed by atoms with E-state index in [9.17, 15) is 32.4 Å². The van der Waals surface area contributed by atoms with Gasteiger partial charge >= 0.3 is 6.03 Å². The van der Waals surface area contributed by atoms with Crippen molar-refractivity contribution in [2.75, 3.05) is 18.8 Å². The Bertz CT molecular complexity index is 1500. The summed E-state index contributed by atoms with van der Waals surface area (Å²) in [5.74, 6) is -0.602. The minimum Gasteiger partial charge on any atom is -0.346 e. The van der Waals surface area contributed by atoms with Crippen molar-refractivity contribution in [1.82, 2.24) is 26.2 Å². The zero-order valence-corrected chi connectivity index (χ0v) is 32.0. The van der Waals surface area contributed by atoms with Crippen molar-refractivity contribution in [3.05, 3.63) is 12.7 Å². The fourth-order valence-electron chi connectivity index (χ4n) is 8.54. The molecule has 4 rings (SSSR count). The zero-order valence-electron chi connectivity index (χ0n) is 31.1. The number of carbonyl (C=O) groups excluding carboxylic acids is 5. The number of rotatable bonds is 14. The maximum absolute atomic E-state index is 14.7. The van der Waals surface area contributed by atoms with Gasteiger partial charge in [-0.25, -0.2) is 13.2 Å². The lowest BCUT2D eigenvalue weighted by Crippen LogP contribution is -2.63. The molecule has 0 aromatic rings. The van der Waals surface area contributed by atoms with Crippen LogP contribution in [0.1, 0.15) is 112 Å². The predicted octanol–water partition coefficient (Wildman–Crippen LogP) is 3.40. The van der Waals surface area contributed by atoms with E-state index >= 15 is 0 Å². The van der Waals surface area contributed by atoms with Gasteiger partial charge in [0, 0.05) is 19.5 Å². The molecule has 4 N–H and O–H groups in total. The molecule has 3 aliphatic carbocycles. The van der Waals surface area contributed by atoms with Gasteiger partial charge in [0.05, 0.1) is 22.1 Å². The Morgan fingerprint density at radius 2 is 1.63 bits per heavy atom. The Kier molecular flexibility index (Phi) is 12.7. The van der Waals surface area contributed by atoms with E-state index in [0.717, 1.165) is 51.4 Å². The number of sulfone groups is 1. The molecule has 51 heavy (non-hydrogen) atoms. The lowest BCUT2D eigenvalue weighted by atomic mass is 9.82. The van der Waals surface area contributed by atoms with Gasteiger partial charge in [0.15, 0.2) is 9.84 Å². The SMILES string of the molecule is C#CCCC(NC(=O)[C@@H]1[C@@H]2[C@H](CN1C(=O)[C@@H](NC(=O)NC1(CS(=O)(=O)C(C)(C)C)CCCCC1)C1CCCCC1)C2(C)C)C(=O)C(=O)NCC=C. The van der Waals surface area contributed by atoms with Crippen LogP contribution in [0.3, 0.4) is 0 Å². The van der Waals surface area contributed by atoms with E-state index < -0.39 is 61.9 Å². The molecule has 0 radical (unpaired) electrons. The van der Waals surface area contributed by atoms with Crippen LogP contribution in [0.25, 0.3) is 0 Å². The second kappa shape index (κ2) is 16.1. The van der Waals surface area contributed by atoms with Crippen molar-refractivity contribution < 1.29 is 32.4 Å². The van der Waals surface area contributed by atoms with E-state index in [-0.39, 0.29) is 54.2 Å². The number of terminal acetylenes is 1. The van der Waals surface area contributed by atoms with Crippen molar-refractivity contribution in [1.29, 1.82) is 0 Å². The summed E-state index contributed by atoms with van der Waals surface area (Å²) in [4.78, 5) is 69.9. The third-order valence-electron chi connectivity index (χ3n) is 11.9. The number of amides is 5. The van der Waals surface area contributed by atoms with Gasteiger partial charge in [0.25, 0.3) is 5.91 Å². The van der Waals surface area contributed by atoms with Gasteiger partial charge in [0.2, 0.25) is 17.6 Å². The second-order valence-electron chi connectivity index (χ2n) is 16.7. The van der Waals surface area contributed by atoms with E-state index in [2.05, 4.69) is 33.8 Å². The fourth-order valence-corrected chi connectivity index (χ4v) is 10.1. The topological polar surface area (TPSA) is 171 Å². The molecule has 1 heterocycles. The van der Waals surface area contributed by atoms with Crippen molar-refractivity contribution in [3.63, 3.8) is 0 Å². The third-order valence-corrected chi connectivity index (χ3v) is 14.7. The average molecular weight is 730 g/mol. The highest BCUT2D eigenvalue weighted by atomic mass is 32.2. The standard InChI is InChI=1S/C38H59N5O7S/c1-8-10-19-27(31(44)33(46)39-22-9-2)40-32(45)30-28-26(37(28,6)7)23-43(30)34(47)29(25-17-13-11-14-18-25)41-35(48)42-38(20-15-12-16-21-38)24-51(49,50)36(3,4)5/h1,9,25-30H,2,10-24H2,3-7H3,(H,39,46)(H,40,45)(H2,41,42,48)/t26-,27?,28-,29-,30-/m0/s1. The lowest BCUT2D eigenvalue weighted by molar-refractivity contribution is -0.144. The summed E-state index contributed by atoms with van der Waals surface area (Å²) in [6.07, 6.45) is 15.0. The number of hydrogen-bond donors (Lipinski definition) is 4. The summed E-state index contributed by atoms with van der Waals surface area (Å²) >= 11 is 0. The van der Waals surface area contributed by atoms with Crippen LogP contribution in [0.15, 0.2) is 12.7 Å². The molecule has 5 atom stereocenters. The van der Waals surface area contributed by atoms with Gasteiger partial charge in [-0.1, -0.05) is 58.4 Å². The predicted molar refractivity (Wildman–Crippen MR) is 196 cm³/mol. The molecule has 12 nitrogen and oxygen atoms in total. The highest BCUT2D eigenvalue weighted by Gasteiger charge is 2.69. The number of urea groups is 1. The number of piperidine rings is 1. The van der Waals surface area contributed by atoms with Crippen LogP contribution in [0, 0.1) is 35.5 Å². The minimum atomic E-state index is -3.57. The Labute approximate surface area is 304 Å². The molecule has 0 spiro atoms. The number of ketones is 1. The van der Waals surface area contributed by atoms with Gasteiger partial charge in [-0.3, -0.25) is 19.2 Å². The molecule has 4 fully saturated rings. The molecule has 0 aromatic carbocycles. The molecular weight excluding hydrogens is 671 g/mol. The molecule has 1 aliphatic heterocycles. The van der Waals surface area contributed by atoms with Crippen LogP contribution >= 0.6 is 0 Å². The largest absolute Gasteiger partial charge is 0.346 e. The van der Waals surface area contributed by atoms with Crippen LogP contribution in [-0.4, -0.2) is 90.1 Å². The number of nitrogens with zero attached hydrogens (tertiary/aromatic N) is 1. The van der Waals surface area contributed by atoms with Crippen molar-refractivity contribution in [2.45, 2.75) is 140 Å². The summed E-state index contributed by atoms with van der Waals surface area (Å²) in [6.45, 7) is 13.0. The average Bonchev–Trinajstić information content (AvgIpc) is 3.38. The lowest BCUT2D eigenvalue weighted by Gasteiger charge is -2.41. The molecule has 5 amide bonds. The van der Waals surface area contributed by atoms with Crippen molar-refractivity contribution >= 4 is 39.4 Å². The minimum absolute atomic E-state index is 0.0434. The normalized spacial score (nSPS) is 25.3. The summed E-state index contributed by atoms with van der Waals surface area (Å²) in [6, 6.07) is -3.59. The van der Waals surface area contributed by atoms with E-state index in [1.165, 1.54) is 6.08 Å². The first-order valence-corrected chi connectivity index (χ1v) is 20.3. The first-order chi connectivity index (χ1) is 23.9. The van der Waals surface area contributed by atoms with Crippen LogP contribution in [0.5, 0.6) is 0 Å². The molecule has 0 bridgehead atoms. The molecule has 3 saturated carbocycles. The molecular formula is C38H59N5O7S. The Morgan fingerprint density at radius 1 is 1.00 bits per heavy atom. The van der Waals surface area contributed by atoms with Crippen LogP contribution < -0.4 is 21.3 Å². The van der Waals surface area contributed by atoms with Gasteiger partial charge < -0.3 is 26.2 Å². The van der Waals surface area contributed by atoms with Crippen molar-refractivity contribution in [2.24, 2.45) is 23.2 Å². The number of Topliss-reactive ketones (excluding diaryl/α,β-unsaturated/α-hetero) is 1. The van der Waals surface area contributed by atoms with Crippen molar-refractivity contribution in [3.8, 4) is 12.3 Å². The maximum atomic E-state index is 14.7. The third kappa shape index (κ3) is 9.16. The first kappa shape index (κ1) is 40.4. The zero-order chi connectivity index (χ0) is 37.8. The molecule has 1 saturated heterocycles. The van der Waals surface area contributed by atoms with Crippen LogP contribution in [0.2, 0.25) is 0 Å². The molecule has 4 aliphatic rings. The fraction of sp³-hybridized carbons (Fsp3) is 0.763. The second-order valence-corrected chi connectivity index (χ2v) is 19.5. The molecule has 284 valence electrons. The Hall–Kier alpha value is -3.40. The molecule has 1 unspecified atom stereocenters. The number of fused-ring (bicyclic) bond motifs is 1.